The summed E-state index contributed by atoms with van der Waals surface area (Å²) in [6.07, 6.45) is 1.83. The lowest BCUT2D eigenvalue weighted by Gasteiger charge is -2.27. The van der Waals surface area contributed by atoms with E-state index in [9.17, 15) is 4.79 Å². The van der Waals surface area contributed by atoms with Gasteiger partial charge in [0.25, 0.3) is 0 Å². The standard InChI is InChI=1S/C16H19N3O2/c1-13-4-2-3-5-14(13)12-19-7-6-15(17-16(19)20)18-8-10-21-11-9-18/h2-7H,8-12H2,1H3. The Kier molecular flexibility index (Phi) is 4.01. The third kappa shape index (κ3) is 3.13. The number of aryl methyl sites for hydroxylation is 1. The molecule has 2 heterocycles. The van der Waals surface area contributed by atoms with Crippen molar-refractivity contribution >= 4 is 5.82 Å². The smallest absolute Gasteiger partial charge is 0.349 e. The van der Waals surface area contributed by atoms with Crippen LogP contribution in [0.2, 0.25) is 0 Å². The van der Waals surface area contributed by atoms with E-state index in [1.54, 1.807) is 4.57 Å². The zero-order valence-electron chi connectivity index (χ0n) is 12.2. The molecule has 0 saturated carbocycles. The molecule has 110 valence electrons. The van der Waals surface area contributed by atoms with Gasteiger partial charge >= 0.3 is 5.69 Å². The second-order valence-electron chi connectivity index (χ2n) is 5.22. The third-order valence-corrected chi connectivity index (χ3v) is 3.80. The third-order valence-electron chi connectivity index (χ3n) is 3.80. The zero-order valence-corrected chi connectivity index (χ0v) is 12.2. The summed E-state index contributed by atoms with van der Waals surface area (Å²) >= 11 is 0. The summed E-state index contributed by atoms with van der Waals surface area (Å²) in [5, 5.41) is 0. The number of benzene rings is 1. The van der Waals surface area contributed by atoms with Crippen LogP contribution in [0.3, 0.4) is 0 Å². The fourth-order valence-corrected chi connectivity index (χ4v) is 2.48. The SMILES string of the molecule is Cc1ccccc1Cn1ccc(N2CCOCC2)nc1=O. The van der Waals surface area contributed by atoms with Gasteiger partial charge in [-0.1, -0.05) is 24.3 Å². The summed E-state index contributed by atoms with van der Waals surface area (Å²) in [6, 6.07) is 9.99. The molecular weight excluding hydrogens is 266 g/mol. The minimum atomic E-state index is -0.206. The first-order chi connectivity index (χ1) is 10.2. The van der Waals surface area contributed by atoms with Crippen LogP contribution in [0.1, 0.15) is 11.1 Å². The molecule has 1 aromatic heterocycles. The Hall–Kier alpha value is -2.14. The minimum absolute atomic E-state index is 0.206. The molecule has 0 unspecified atom stereocenters. The highest BCUT2D eigenvalue weighted by molar-refractivity contribution is 5.37. The highest BCUT2D eigenvalue weighted by atomic mass is 16.5. The number of aromatic nitrogens is 2. The highest BCUT2D eigenvalue weighted by Gasteiger charge is 2.13. The van der Waals surface area contributed by atoms with E-state index in [0.29, 0.717) is 19.8 Å². The molecule has 1 aliphatic rings. The van der Waals surface area contributed by atoms with Crippen LogP contribution in [0.4, 0.5) is 5.82 Å². The largest absolute Gasteiger partial charge is 0.378 e. The van der Waals surface area contributed by atoms with Gasteiger partial charge in [0.2, 0.25) is 0 Å². The highest BCUT2D eigenvalue weighted by Crippen LogP contribution is 2.11. The van der Waals surface area contributed by atoms with Crippen molar-refractivity contribution in [3.05, 3.63) is 58.1 Å². The topological polar surface area (TPSA) is 47.4 Å². The van der Waals surface area contributed by atoms with Crippen molar-refractivity contribution < 1.29 is 4.74 Å². The molecule has 5 nitrogen and oxygen atoms in total. The summed E-state index contributed by atoms with van der Waals surface area (Å²) in [5.41, 5.74) is 2.12. The molecule has 0 spiro atoms. The molecule has 0 atom stereocenters. The molecular formula is C16H19N3O2. The molecule has 0 aliphatic carbocycles. The number of anilines is 1. The van der Waals surface area contributed by atoms with Crippen LogP contribution in [0, 0.1) is 6.92 Å². The van der Waals surface area contributed by atoms with Crippen LogP contribution in [0.5, 0.6) is 0 Å². The summed E-state index contributed by atoms with van der Waals surface area (Å²) in [5.74, 6) is 0.740. The van der Waals surface area contributed by atoms with Crippen molar-refractivity contribution in [3.63, 3.8) is 0 Å². The summed E-state index contributed by atoms with van der Waals surface area (Å²) in [4.78, 5) is 18.5. The van der Waals surface area contributed by atoms with Gasteiger partial charge in [0, 0.05) is 19.3 Å². The number of hydrogen-bond donors (Lipinski definition) is 0. The maximum Gasteiger partial charge on any atom is 0.349 e. The van der Waals surface area contributed by atoms with Gasteiger partial charge < -0.3 is 9.64 Å². The van der Waals surface area contributed by atoms with E-state index in [2.05, 4.69) is 22.9 Å². The molecule has 5 heteroatoms. The Balaban J connectivity index is 1.81. The lowest BCUT2D eigenvalue weighted by molar-refractivity contribution is 0.122. The van der Waals surface area contributed by atoms with Crippen LogP contribution in [-0.2, 0) is 11.3 Å². The van der Waals surface area contributed by atoms with Crippen molar-refractivity contribution in [3.8, 4) is 0 Å². The van der Waals surface area contributed by atoms with Gasteiger partial charge in [-0.3, -0.25) is 4.57 Å². The van der Waals surface area contributed by atoms with Gasteiger partial charge in [-0.05, 0) is 24.1 Å². The van der Waals surface area contributed by atoms with Gasteiger partial charge in [-0.25, -0.2) is 4.79 Å². The normalized spacial score (nSPS) is 15.2. The average molecular weight is 285 g/mol. The summed E-state index contributed by atoms with van der Waals surface area (Å²) < 4.78 is 6.96. The molecule has 1 fully saturated rings. The van der Waals surface area contributed by atoms with E-state index in [-0.39, 0.29) is 5.69 Å². The molecule has 0 radical (unpaired) electrons. The fraction of sp³-hybridized carbons (Fsp3) is 0.375. The van der Waals surface area contributed by atoms with E-state index >= 15 is 0 Å². The Morgan fingerprint density at radius 3 is 2.67 bits per heavy atom. The Morgan fingerprint density at radius 2 is 1.95 bits per heavy atom. The molecule has 21 heavy (non-hydrogen) atoms. The first-order valence-corrected chi connectivity index (χ1v) is 7.19. The van der Waals surface area contributed by atoms with Gasteiger partial charge in [-0.2, -0.15) is 4.98 Å². The number of nitrogens with zero attached hydrogens (tertiary/aromatic N) is 3. The van der Waals surface area contributed by atoms with Gasteiger partial charge in [-0.15, -0.1) is 0 Å². The average Bonchev–Trinajstić information content (AvgIpc) is 2.52. The van der Waals surface area contributed by atoms with E-state index in [1.807, 2.05) is 30.5 Å². The predicted molar refractivity (Wildman–Crippen MR) is 81.8 cm³/mol. The molecule has 0 N–H and O–H groups in total. The zero-order chi connectivity index (χ0) is 14.7. The Morgan fingerprint density at radius 1 is 1.19 bits per heavy atom. The van der Waals surface area contributed by atoms with Crippen LogP contribution in [-0.4, -0.2) is 35.9 Å². The van der Waals surface area contributed by atoms with Gasteiger partial charge in [0.05, 0.1) is 19.8 Å². The number of rotatable bonds is 3. The van der Waals surface area contributed by atoms with E-state index in [4.69, 9.17) is 4.74 Å². The van der Waals surface area contributed by atoms with E-state index in [0.717, 1.165) is 24.5 Å². The fourth-order valence-electron chi connectivity index (χ4n) is 2.48. The first-order valence-electron chi connectivity index (χ1n) is 7.19. The number of hydrogen-bond acceptors (Lipinski definition) is 4. The predicted octanol–water partition coefficient (Wildman–Crippen LogP) is 1.44. The minimum Gasteiger partial charge on any atom is -0.378 e. The van der Waals surface area contributed by atoms with Crippen LogP contribution < -0.4 is 10.6 Å². The maximum atomic E-state index is 12.2. The monoisotopic (exact) mass is 285 g/mol. The molecule has 0 bridgehead atoms. The lowest BCUT2D eigenvalue weighted by Crippen LogP contribution is -2.38. The molecule has 2 aromatic rings. The van der Waals surface area contributed by atoms with Crippen molar-refractivity contribution in [2.45, 2.75) is 13.5 Å². The second-order valence-corrected chi connectivity index (χ2v) is 5.22. The molecule has 1 aliphatic heterocycles. The van der Waals surface area contributed by atoms with Crippen LogP contribution in [0.15, 0.2) is 41.3 Å². The lowest BCUT2D eigenvalue weighted by atomic mass is 10.1. The first kappa shape index (κ1) is 13.8. The molecule has 0 amide bonds. The second kappa shape index (κ2) is 6.10. The quantitative estimate of drug-likeness (QED) is 0.856. The van der Waals surface area contributed by atoms with E-state index in [1.165, 1.54) is 5.56 Å². The van der Waals surface area contributed by atoms with E-state index < -0.39 is 0 Å². The van der Waals surface area contributed by atoms with Crippen LogP contribution in [0.25, 0.3) is 0 Å². The van der Waals surface area contributed by atoms with Crippen molar-refractivity contribution in [1.82, 2.24) is 9.55 Å². The molecule has 1 saturated heterocycles. The summed E-state index contributed by atoms with van der Waals surface area (Å²) in [7, 11) is 0. The maximum absolute atomic E-state index is 12.2. The number of morpholine rings is 1. The van der Waals surface area contributed by atoms with Crippen molar-refractivity contribution in [1.29, 1.82) is 0 Å². The molecule has 1 aromatic carbocycles. The van der Waals surface area contributed by atoms with Crippen molar-refractivity contribution in [2.75, 3.05) is 31.2 Å². The van der Waals surface area contributed by atoms with Gasteiger partial charge in [0.1, 0.15) is 5.82 Å². The number of ether oxygens (including phenoxy) is 1. The van der Waals surface area contributed by atoms with Crippen molar-refractivity contribution in [2.24, 2.45) is 0 Å². The summed E-state index contributed by atoms with van der Waals surface area (Å²) in [6.45, 7) is 5.56. The van der Waals surface area contributed by atoms with Crippen LogP contribution >= 0.6 is 0 Å². The molecule has 3 rings (SSSR count). The Bertz CT molecular complexity index is 675. The Labute approximate surface area is 123 Å². The van der Waals surface area contributed by atoms with Gasteiger partial charge in [0.15, 0.2) is 0 Å².